The van der Waals surface area contributed by atoms with Gasteiger partial charge in [-0.2, -0.15) is 4.98 Å². The van der Waals surface area contributed by atoms with E-state index in [1.807, 2.05) is 6.92 Å². The van der Waals surface area contributed by atoms with Crippen LogP contribution in [-0.4, -0.2) is 31.3 Å². The maximum atomic E-state index is 11.3. The van der Waals surface area contributed by atoms with E-state index in [0.29, 0.717) is 16.0 Å². The van der Waals surface area contributed by atoms with Crippen LogP contribution in [0.3, 0.4) is 0 Å². The van der Waals surface area contributed by atoms with Gasteiger partial charge in [0.25, 0.3) is 0 Å². The summed E-state index contributed by atoms with van der Waals surface area (Å²) in [7, 11) is 1.57. The smallest absolute Gasteiger partial charge is 0.339 e. The number of nitrogens with zero attached hydrogens (tertiary/aromatic N) is 4. The van der Waals surface area contributed by atoms with Gasteiger partial charge in [-0.1, -0.05) is 18.5 Å². The third-order valence-corrected chi connectivity index (χ3v) is 3.82. The van der Waals surface area contributed by atoms with E-state index in [4.69, 9.17) is 11.6 Å². The quantitative estimate of drug-likeness (QED) is 0.620. The van der Waals surface area contributed by atoms with Crippen molar-refractivity contribution in [3.63, 3.8) is 0 Å². The number of hydrogen-bond acceptors (Lipinski definition) is 7. The summed E-state index contributed by atoms with van der Waals surface area (Å²) in [6, 6.07) is 0. The van der Waals surface area contributed by atoms with Crippen molar-refractivity contribution >= 4 is 29.3 Å². The second kappa shape index (κ2) is 6.72. The van der Waals surface area contributed by atoms with Crippen molar-refractivity contribution in [3.8, 4) is 0 Å². The predicted molar refractivity (Wildman–Crippen MR) is 80.0 cm³/mol. The Balaban J connectivity index is 2.32. The number of rotatable bonds is 5. The minimum atomic E-state index is -0.856. The molecule has 21 heavy (non-hydrogen) atoms. The minimum Gasteiger partial charge on any atom is -0.354 e. The molecule has 0 saturated carbocycles. The average molecular weight is 329 g/mol. The monoisotopic (exact) mass is 328 g/mol. The first kappa shape index (κ1) is 15.5. The Hall–Kier alpha value is -1.87. The van der Waals surface area contributed by atoms with Crippen LogP contribution < -0.4 is 16.4 Å². The summed E-state index contributed by atoms with van der Waals surface area (Å²) in [5.74, 6) is 0.443. The van der Waals surface area contributed by atoms with Crippen molar-refractivity contribution in [1.29, 1.82) is 0 Å². The van der Waals surface area contributed by atoms with Crippen LogP contribution in [0.25, 0.3) is 0 Å². The largest absolute Gasteiger partial charge is 0.354 e. The molecule has 2 heterocycles. The summed E-state index contributed by atoms with van der Waals surface area (Å²) in [6.45, 7) is 2.76. The van der Waals surface area contributed by atoms with Gasteiger partial charge in [0, 0.05) is 13.6 Å². The summed E-state index contributed by atoms with van der Waals surface area (Å²) in [5, 5.41) is 6.46. The number of aromatic amines is 1. The molecule has 0 aliphatic rings. The van der Waals surface area contributed by atoms with Gasteiger partial charge >= 0.3 is 11.1 Å². The third kappa shape index (κ3) is 3.82. The summed E-state index contributed by atoms with van der Waals surface area (Å²) in [5.41, 5.74) is -1.63. The Labute approximate surface area is 129 Å². The van der Waals surface area contributed by atoms with Gasteiger partial charge in [0.05, 0.1) is 11.2 Å². The molecule has 0 amide bonds. The van der Waals surface area contributed by atoms with Gasteiger partial charge in [-0.3, -0.25) is 19.4 Å². The molecule has 2 aromatic rings. The Bertz CT molecular complexity index is 759. The Kier molecular flexibility index (Phi) is 4.97. The predicted octanol–water partition coefficient (Wildman–Crippen LogP) is 0.885. The lowest BCUT2D eigenvalue weighted by atomic mass is 10.5. The van der Waals surface area contributed by atoms with Crippen LogP contribution in [0.5, 0.6) is 0 Å². The standard InChI is InChI=1S/C11H13ClN6O2S/c1-3-4-13-10-14-5-6(12)9(16-10)21-11-15-7(19)8(20)17-18(11)2/h5H,3-4H2,1-2H3,(H,17,20)(H,13,14,16). The highest BCUT2D eigenvalue weighted by Gasteiger charge is 2.11. The van der Waals surface area contributed by atoms with Crippen LogP contribution in [0.2, 0.25) is 5.02 Å². The maximum Gasteiger partial charge on any atom is 0.339 e. The fourth-order valence-electron chi connectivity index (χ4n) is 1.38. The first-order valence-electron chi connectivity index (χ1n) is 6.13. The zero-order chi connectivity index (χ0) is 15.4. The number of nitrogens with one attached hydrogen (secondary N) is 2. The van der Waals surface area contributed by atoms with E-state index < -0.39 is 11.1 Å². The molecule has 0 saturated heterocycles. The van der Waals surface area contributed by atoms with Crippen LogP contribution >= 0.6 is 23.4 Å². The minimum absolute atomic E-state index is 0.279. The second-order valence-corrected chi connectivity index (χ2v) is 5.44. The van der Waals surface area contributed by atoms with Gasteiger partial charge in [-0.15, -0.1) is 0 Å². The van der Waals surface area contributed by atoms with Crippen LogP contribution in [-0.2, 0) is 7.05 Å². The topological polar surface area (TPSA) is 106 Å². The molecule has 0 aliphatic carbocycles. The lowest BCUT2D eigenvalue weighted by Gasteiger charge is -2.08. The van der Waals surface area contributed by atoms with E-state index in [1.54, 1.807) is 7.05 Å². The number of H-pyrrole nitrogens is 1. The van der Waals surface area contributed by atoms with Crippen molar-refractivity contribution in [2.75, 3.05) is 11.9 Å². The van der Waals surface area contributed by atoms with Gasteiger partial charge < -0.3 is 5.32 Å². The van der Waals surface area contributed by atoms with E-state index in [-0.39, 0.29) is 5.16 Å². The molecular weight excluding hydrogens is 316 g/mol. The summed E-state index contributed by atoms with van der Waals surface area (Å²) in [4.78, 5) is 34.5. The summed E-state index contributed by atoms with van der Waals surface area (Å²) >= 11 is 7.11. The molecule has 2 rings (SSSR count). The number of halogens is 1. The molecule has 2 aromatic heterocycles. The van der Waals surface area contributed by atoms with Crippen LogP contribution in [0.4, 0.5) is 5.95 Å². The van der Waals surface area contributed by atoms with E-state index >= 15 is 0 Å². The lowest BCUT2D eigenvalue weighted by Crippen LogP contribution is -2.33. The molecule has 0 atom stereocenters. The Morgan fingerprint density at radius 3 is 2.90 bits per heavy atom. The first-order chi connectivity index (χ1) is 10.0. The molecule has 0 fully saturated rings. The van der Waals surface area contributed by atoms with Gasteiger partial charge in [-0.25, -0.2) is 9.97 Å². The number of aryl methyl sites for hydroxylation is 1. The summed E-state index contributed by atoms with van der Waals surface area (Å²) in [6.07, 6.45) is 2.41. The Morgan fingerprint density at radius 1 is 1.43 bits per heavy atom. The highest BCUT2D eigenvalue weighted by molar-refractivity contribution is 7.99. The summed E-state index contributed by atoms with van der Waals surface area (Å²) < 4.78 is 1.34. The van der Waals surface area contributed by atoms with Crippen LogP contribution in [0.1, 0.15) is 13.3 Å². The number of hydrogen-bond donors (Lipinski definition) is 2. The van der Waals surface area contributed by atoms with E-state index in [2.05, 4.69) is 25.4 Å². The zero-order valence-electron chi connectivity index (χ0n) is 11.4. The van der Waals surface area contributed by atoms with Crippen LogP contribution in [0.15, 0.2) is 26.0 Å². The number of anilines is 1. The third-order valence-electron chi connectivity index (χ3n) is 2.38. The zero-order valence-corrected chi connectivity index (χ0v) is 13.0. The normalized spacial score (nSPS) is 10.6. The molecule has 0 aliphatic heterocycles. The van der Waals surface area contributed by atoms with E-state index in [0.717, 1.165) is 24.7 Å². The van der Waals surface area contributed by atoms with Crippen molar-refractivity contribution in [2.45, 2.75) is 23.5 Å². The van der Waals surface area contributed by atoms with Gasteiger partial charge in [-0.05, 0) is 18.2 Å². The van der Waals surface area contributed by atoms with E-state index in [1.165, 1.54) is 10.9 Å². The molecule has 0 unspecified atom stereocenters. The van der Waals surface area contributed by atoms with Crippen molar-refractivity contribution < 1.29 is 0 Å². The van der Waals surface area contributed by atoms with Gasteiger partial charge in [0.2, 0.25) is 5.95 Å². The van der Waals surface area contributed by atoms with Gasteiger partial charge in [0.15, 0.2) is 5.16 Å². The Morgan fingerprint density at radius 2 is 2.19 bits per heavy atom. The molecule has 0 radical (unpaired) electrons. The van der Waals surface area contributed by atoms with Crippen molar-refractivity contribution in [1.82, 2.24) is 24.7 Å². The molecule has 0 bridgehead atoms. The molecular formula is C11H13ClN6O2S. The molecule has 2 N–H and O–H groups in total. The molecule has 10 heteroatoms. The fraction of sp³-hybridized carbons (Fsp3) is 0.364. The first-order valence-corrected chi connectivity index (χ1v) is 7.32. The van der Waals surface area contributed by atoms with E-state index in [9.17, 15) is 9.59 Å². The second-order valence-electron chi connectivity index (χ2n) is 4.08. The van der Waals surface area contributed by atoms with Crippen LogP contribution in [0, 0.1) is 0 Å². The highest BCUT2D eigenvalue weighted by Crippen LogP contribution is 2.29. The van der Waals surface area contributed by atoms with Crippen molar-refractivity contribution in [3.05, 3.63) is 31.9 Å². The molecule has 112 valence electrons. The SMILES string of the molecule is CCCNc1ncc(Cl)c(Sc2nc(=O)c(=O)[nH]n2C)n1. The maximum absolute atomic E-state index is 11.3. The van der Waals surface area contributed by atoms with Crippen molar-refractivity contribution in [2.24, 2.45) is 7.05 Å². The average Bonchev–Trinajstić information content (AvgIpc) is 2.45. The lowest BCUT2D eigenvalue weighted by molar-refractivity contribution is 0.596. The highest BCUT2D eigenvalue weighted by atomic mass is 35.5. The fourth-order valence-corrected chi connectivity index (χ4v) is 2.36. The van der Waals surface area contributed by atoms with Gasteiger partial charge in [0.1, 0.15) is 5.03 Å². The molecule has 0 aromatic carbocycles. The number of aromatic nitrogens is 5. The molecule has 8 nitrogen and oxygen atoms in total. The molecule has 0 spiro atoms.